The Kier molecular flexibility index (Phi) is 2.67. The first-order chi connectivity index (χ1) is 8.81. The lowest BCUT2D eigenvalue weighted by Gasteiger charge is -2.00. The Labute approximate surface area is 108 Å². The molecule has 1 aromatic heterocycles. The van der Waals surface area contributed by atoms with Crippen LogP contribution in [-0.2, 0) is 13.5 Å². The Morgan fingerprint density at radius 3 is 2.94 bits per heavy atom. The lowest BCUT2D eigenvalue weighted by molar-refractivity contribution is 0.895. The highest BCUT2D eigenvalue weighted by molar-refractivity contribution is 5.94. The number of benzene rings is 1. The number of hydrogen-bond donors (Lipinski definition) is 0. The molecule has 0 bridgehead atoms. The van der Waals surface area contributed by atoms with E-state index in [1.165, 1.54) is 27.7 Å². The van der Waals surface area contributed by atoms with Crippen molar-refractivity contribution in [2.45, 2.75) is 13.3 Å². The molecule has 0 atom stereocenters. The second-order valence-corrected chi connectivity index (χ2v) is 4.69. The van der Waals surface area contributed by atoms with Crippen LogP contribution in [-0.4, -0.2) is 4.57 Å². The Morgan fingerprint density at radius 2 is 2.11 bits per heavy atom. The van der Waals surface area contributed by atoms with Crippen molar-refractivity contribution in [3.05, 3.63) is 59.3 Å². The number of hydrogen-bond acceptors (Lipinski definition) is 0. The SMILES string of the molecule is C/C=C\C=C/c1ccc2c(c1)c1c(n2C)CC=C1. The second-order valence-electron chi connectivity index (χ2n) is 4.69. The van der Waals surface area contributed by atoms with Gasteiger partial charge < -0.3 is 4.57 Å². The largest absolute Gasteiger partial charge is 0.347 e. The van der Waals surface area contributed by atoms with Gasteiger partial charge in [0.2, 0.25) is 0 Å². The molecular weight excluding hydrogens is 218 g/mol. The molecule has 0 saturated heterocycles. The summed E-state index contributed by atoms with van der Waals surface area (Å²) in [6.07, 6.45) is 13.9. The molecular formula is C17H17N. The summed E-state index contributed by atoms with van der Waals surface area (Å²) in [4.78, 5) is 0. The smallest absolute Gasteiger partial charge is 0.0486 e. The molecule has 18 heavy (non-hydrogen) atoms. The van der Waals surface area contributed by atoms with Crippen molar-refractivity contribution in [2.75, 3.05) is 0 Å². The molecule has 2 aromatic rings. The van der Waals surface area contributed by atoms with Gasteiger partial charge in [0.15, 0.2) is 0 Å². The van der Waals surface area contributed by atoms with Crippen molar-refractivity contribution in [1.29, 1.82) is 0 Å². The summed E-state index contributed by atoms with van der Waals surface area (Å²) in [5.41, 5.74) is 5.41. The molecule has 0 saturated carbocycles. The third-order valence-electron chi connectivity index (χ3n) is 3.58. The molecule has 1 aliphatic rings. The fourth-order valence-electron chi connectivity index (χ4n) is 2.65. The predicted octanol–water partition coefficient (Wildman–Crippen LogP) is 4.34. The van der Waals surface area contributed by atoms with E-state index in [0.717, 1.165) is 6.42 Å². The molecule has 1 aromatic carbocycles. The van der Waals surface area contributed by atoms with Crippen LogP contribution in [0.25, 0.3) is 23.1 Å². The summed E-state index contributed by atoms with van der Waals surface area (Å²) in [5, 5.41) is 1.36. The van der Waals surface area contributed by atoms with Crippen LogP contribution < -0.4 is 0 Å². The van der Waals surface area contributed by atoms with Gasteiger partial charge in [0, 0.05) is 35.6 Å². The van der Waals surface area contributed by atoms with Crippen molar-refractivity contribution >= 4 is 23.1 Å². The lowest BCUT2D eigenvalue weighted by Crippen LogP contribution is -1.93. The minimum atomic E-state index is 1.06. The van der Waals surface area contributed by atoms with Crippen LogP contribution in [0.5, 0.6) is 0 Å². The van der Waals surface area contributed by atoms with Gasteiger partial charge in [-0.05, 0) is 24.6 Å². The van der Waals surface area contributed by atoms with Crippen LogP contribution >= 0.6 is 0 Å². The normalized spacial score (nSPS) is 14.3. The number of rotatable bonds is 2. The van der Waals surface area contributed by atoms with Crippen LogP contribution in [0.4, 0.5) is 0 Å². The van der Waals surface area contributed by atoms with Crippen molar-refractivity contribution in [1.82, 2.24) is 4.57 Å². The summed E-state index contributed by atoms with van der Waals surface area (Å²) >= 11 is 0. The van der Waals surface area contributed by atoms with Gasteiger partial charge in [0.1, 0.15) is 0 Å². The molecule has 3 rings (SSSR count). The lowest BCUT2D eigenvalue weighted by atomic mass is 10.1. The molecule has 0 spiro atoms. The first-order valence-corrected chi connectivity index (χ1v) is 6.38. The molecule has 0 fully saturated rings. The summed E-state index contributed by atoms with van der Waals surface area (Å²) in [7, 11) is 2.16. The molecule has 1 aliphatic carbocycles. The highest BCUT2D eigenvalue weighted by Crippen LogP contribution is 2.31. The van der Waals surface area contributed by atoms with Gasteiger partial charge in [-0.2, -0.15) is 0 Å². The van der Waals surface area contributed by atoms with Gasteiger partial charge in [-0.15, -0.1) is 0 Å². The zero-order chi connectivity index (χ0) is 12.5. The zero-order valence-electron chi connectivity index (χ0n) is 10.9. The quantitative estimate of drug-likeness (QED) is 0.682. The standard InChI is InChI=1S/C17H17N/c1-3-4-5-7-13-10-11-17-15(12-13)14-8-6-9-16(14)18(17)2/h3-8,10-12H,9H2,1-2H3/b4-3-,7-5-. The fraction of sp³-hybridized carbons (Fsp3) is 0.176. The summed E-state index contributed by atoms with van der Waals surface area (Å²) in [6.45, 7) is 2.03. The van der Waals surface area contributed by atoms with Crippen LogP contribution in [0.1, 0.15) is 23.7 Å². The van der Waals surface area contributed by atoms with Crippen LogP contribution in [0.15, 0.2) is 42.5 Å². The predicted molar refractivity (Wildman–Crippen MR) is 79.5 cm³/mol. The maximum absolute atomic E-state index is 2.31. The van der Waals surface area contributed by atoms with Gasteiger partial charge in [-0.25, -0.2) is 0 Å². The first kappa shape index (κ1) is 11.1. The van der Waals surface area contributed by atoms with Crippen LogP contribution in [0.2, 0.25) is 0 Å². The van der Waals surface area contributed by atoms with E-state index >= 15 is 0 Å². The van der Waals surface area contributed by atoms with E-state index in [9.17, 15) is 0 Å². The van der Waals surface area contributed by atoms with Gasteiger partial charge in [-0.3, -0.25) is 0 Å². The Balaban J connectivity index is 2.15. The summed E-state index contributed by atoms with van der Waals surface area (Å²) in [5.74, 6) is 0. The van der Waals surface area contributed by atoms with E-state index in [4.69, 9.17) is 0 Å². The molecule has 1 heteroatoms. The minimum absolute atomic E-state index is 1.06. The number of allylic oxidation sites excluding steroid dienone is 4. The van der Waals surface area contributed by atoms with E-state index in [2.05, 4.69) is 60.2 Å². The van der Waals surface area contributed by atoms with Crippen molar-refractivity contribution in [3.63, 3.8) is 0 Å². The highest BCUT2D eigenvalue weighted by Gasteiger charge is 2.15. The molecule has 0 radical (unpaired) electrons. The zero-order valence-corrected chi connectivity index (χ0v) is 10.9. The minimum Gasteiger partial charge on any atom is -0.347 e. The van der Waals surface area contributed by atoms with Crippen LogP contribution in [0.3, 0.4) is 0 Å². The Hall–Kier alpha value is -2.02. The molecule has 0 N–H and O–H groups in total. The second kappa shape index (κ2) is 4.34. The third kappa shape index (κ3) is 1.63. The van der Waals surface area contributed by atoms with E-state index < -0.39 is 0 Å². The molecule has 0 aliphatic heterocycles. The third-order valence-corrected chi connectivity index (χ3v) is 3.58. The van der Waals surface area contributed by atoms with E-state index in [1.807, 2.05) is 13.0 Å². The number of nitrogens with zero attached hydrogens (tertiary/aromatic N) is 1. The van der Waals surface area contributed by atoms with Gasteiger partial charge in [0.05, 0.1) is 0 Å². The van der Waals surface area contributed by atoms with Gasteiger partial charge in [-0.1, -0.05) is 42.5 Å². The molecule has 0 unspecified atom stereocenters. The number of aromatic nitrogens is 1. The van der Waals surface area contributed by atoms with Crippen LogP contribution in [0, 0.1) is 0 Å². The first-order valence-electron chi connectivity index (χ1n) is 6.38. The average Bonchev–Trinajstić information content (AvgIpc) is 2.95. The number of fused-ring (bicyclic) bond motifs is 3. The van der Waals surface area contributed by atoms with E-state index in [-0.39, 0.29) is 0 Å². The van der Waals surface area contributed by atoms with Crippen molar-refractivity contribution in [2.24, 2.45) is 7.05 Å². The van der Waals surface area contributed by atoms with Crippen molar-refractivity contribution < 1.29 is 0 Å². The average molecular weight is 235 g/mol. The molecule has 1 heterocycles. The highest BCUT2D eigenvalue weighted by atomic mass is 14.9. The maximum atomic E-state index is 2.31. The summed E-state index contributed by atoms with van der Waals surface area (Å²) in [6, 6.07) is 6.68. The van der Waals surface area contributed by atoms with Crippen molar-refractivity contribution in [3.8, 4) is 0 Å². The topological polar surface area (TPSA) is 4.93 Å². The fourth-order valence-corrected chi connectivity index (χ4v) is 2.65. The van der Waals surface area contributed by atoms with E-state index in [1.54, 1.807) is 0 Å². The Bertz CT molecular complexity index is 681. The van der Waals surface area contributed by atoms with E-state index in [0.29, 0.717) is 0 Å². The number of aryl methyl sites for hydroxylation is 1. The molecule has 1 nitrogen and oxygen atoms in total. The summed E-state index contributed by atoms with van der Waals surface area (Å²) < 4.78 is 2.31. The monoisotopic (exact) mass is 235 g/mol. The molecule has 90 valence electrons. The van der Waals surface area contributed by atoms with Gasteiger partial charge in [0.25, 0.3) is 0 Å². The maximum Gasteiger partial charge on any atom is 0.0486 e. The van der Waals surface area contributed by atoms with Gasteiger partial charge >= 0.3 is 0 Å². The Morgan fingerprint density at radius 1 is 1.22 bits per heavy atom. The molecule has 0 amide bonds.